The largest absolute Gasteiger partial charge is 0.312 e. The summed E-state index contributed by atoms with van der Waals surface area (Å²) in [6.45, 7) is 3.59. The molecule has 0 radical (unpaired) electrons. The molecule has 2 aliphatic heterocycles. The van der Waals surface area contributed by atoms with Crippen LogP contribution in [0, 0.1) is 11.8 Å². The first kappa shape index (κ1) is 13.5. The fraction of sp³-hybridized carbons (Fsp3) is 0.333. The molecule has 0 bridgehead atoms. The standard InChI is InChI=1S/C18H19N3O/c22-18-17-13-20(10-14-5-4-8-19-9-14)11-15(17)12-21(18)16-6-2-1-3-7-16/h1-9,15,17H,10-13H2/t15-,17+/m1/s1. The predicted molar refractivity (Wildman–Crippen MR) is 85.3 cm³/mol. The number of carbonyl (C=O) groups is 1. The van der Waals surface area contributed by atoms with Gasteiger partial charge in [-0.2, -0.15) is 0 Å². The smallest absolute Gasteiger partial charge is 0.231 e. The maximum Gasteiger partial charge on any atom is 0.231 e. The van der Waals surface area contributed by atoms with Crippen LogP contribution in [0.2, 0.25) is 0 Å². The van der Waals surface area contributed by atoms with Crippen LogP contribution in [-0.2, 0) is 11.3 Å². The van der Waals surface area contributed by atoms with Crippen molar-refractivity contribution in [1.29, 1.82) is 0 Å². The van der Waals surface area contributed by atoms with Gasteiger partial charge in [0.05, 0.1) is 5.92 Å². The van der Waals surface area contributed by atoms with Crippen LogP contribution in [0.3, 0.4) is 0 Å². The molecule has 2 aromatic rings. The van der Waals surface area contributed by atoms with E-state index in [9.17, 15) is 4.79 Å². The van der Waals surface area contributed by atoms with Crippen LogP contribution in [0.25, 0.3) is 0 Å². The van der Waals surface area contributed by atoms with Gasteiger partial charge in [0.25, 0.3) is 0 Å². The number of para-hydroxylation sites is 1. The van der Waals surface area contributed by atoms with E-state index >= 15 is 0 Å². The Labute approximate surface area is 130 Å². The van der Waals surface area contributed by atoms with Gasteiger partial charge in [0.15, 0.2) is 0 Å². The van der Waals surface area contributed by atoms with E-state index in [0.717, 1.165) is 31.9 Å². The van der Waals surface area contributed by atoms with Gasteiger partial charge >= 0.3 is 0 Å². The Morgan fingerprint density at radius 2 is 1.91 bits per heavy atom. The van der Waals surface area contributed by atoms with Gasteiger partial charge in [0, 0.05) is 50.2 Å². The molecule has 0 unspecified atom stereocenters. The third-order valence-electron chi connectivity index (χ3n) is 4.71. The number of pyridine rings is 1. The molecule has 0 spiro atoms. The zero-order valence-electron chi connectivity index (χ0n) is 12.4. The van der Waals surface area contributed by atoms with Crippen molar-refractivity contribution in [3.8, 4) is 0 Å². The monoisotopic (exact) mass is 293 g/mol. The number of likely N-dealkylation sites (tertiary alicyclic amines) is 1. The quantitative estimate of drug-likeness (QED) is 0.870. The van der Waals surface area contributed by atoms with Gasteiger partial charge in [-0.05, 0) is 23.8 Å². The number of fused-ring (bicyclic) bond motifs is 1. The topological polar surface area (TPSA) is 36.4 Å². The van der Waals surface area contributed by atoms with E-state index in [2.05, 4.69) is 16.0 Å². The van der Waals surface area contributed by atoms with Crippen molar-refractivity contribution in [3.05, 3.63) is 60.4 Å². The van der Waals surface area contributed by atoms with Gasteiger partial charge in [-0.15, -0.1) is 0 Å². The van der Waals surface area contributed by atoms with Gasteiger partial charge in [-0.3, -0.25) is 14.7 Å². The maximum absolute atomic E-state index is 12.7. The third-order valence-corrected chi connectivity index (χ3v) is 4.71. The number of rotatable bonds is 3. The minimum atomic E-state index is 0.150. The van der Waals surface area contributed by atoms with Crippen molar-refractivity contribution >= 4 is 11.6 Å². The number of anilines is 1. The van der Waals surface area contributed by atoms with E-state index < -0.39 is 0 Å². The second kappa shape index (κ2) is 5.54. The van der Waals surface area contributed by atoms with Gasteiger partial charge in [0.1, 0.15) is 0 Å². The highest BCUT2D eigenvalue weighted by Gasteiger charge is 2.46. The fourth-order valence-electron chi connectivity index (χ4n) is 3.67. The molecule has 0 saturated carbocycles. The fourth-order valence-corrected chi connectivity index (χ4v) is 3.67. The van der Waals surface area contributed by atoms with Crippen molar-refractivity contribution in [2.24, 2.45) is 11.8 Å². The van der Waals surface area contributed by atoms with E-state index in [1.54, 1.807) is 6.20 Å². The van der Waals surface area contributed by atoms with Crippen LogP contribution in [0.15, 0.2) is 54.9 Å². The van der Waals surface area contributed by atoms with Crippen molar-refractivity contribution in [2.45, 2.75) is 6.54 Å². The normalized spacial score (nSPS) is 24.7. The van der Waals surface area contributed by atoms with Gasteiger partial charge in [-0.25, -0.2) is 0 Å². The van der Waals surface area contributed by atoms with Crippen molar-refractivity contribution in [3.63, 3.8) is 0 Å². The van der Waals surface area contributed by atoms with E-state index in [-0.39, 0.29) is 11.8 Å². The third kappa shape index (κ3) is 2.40. The van der Waals surface area contributed by atoms with Crippen LogP contribution >= 0.6 is 0 Å². The number of amides is 1. The van der Waals surface area contributed by atoms with E-state index in [1.165, 1.54) is 5.56 Å². The van der Waals surface area contributed by atoms with Gasteiger partial charge < -0.3 is 4.90 Å². The molecule has 2 atom stereocenters. The number of benzene rings is 1. The first-order valence-electron chi connectivity index (χ1n) is 7.79. The summed E-state index contributed by atoms with van der Waals surface area (Å²) in [5, 5.41) is 0. The SMILES string of the molecule is O=C1[C@H]2CN(Cc3cccnc3)C[C@@H]2CN1c1ccccc1. The highest BCUT2D eigenvalue weighted by atomic mass is 16.2. The molecule has 0 N–H and O–H groups in total. The predicted octanol–water partition coefficient (Wildman–Crippen LogP) is 2.18. The molecule has 2 saturated heterocycles. The minimum absolute atomic E-state index is 0.150. The minimum Gasteiger partial charge on any atom is -0.312 e. The molecule has 3 heterocycles. The molecule has 1 aromatic carbocycles. The van der Waals surface area contributed by atoms with E-state index in [4.69, 9.17) is 0 Å². The second-order valence-electron chi connectivity index (χ2n) is 6.21. The molecule has 1 amide bonds. The van der Waals surface area contributed by atoms with Crippen molar-refractivity contribution < 1.29 is 4.79 Å². The van der Waals surface area contributed by atoms with Crippen LogP contribution < -0.4 is 4.90 Å². The Hall–Kier alpha value is -2.20. The molecule has 0 aliphatic carbocycles. The van der Waals surface area contributed by atoms with E-state index in [1.807, 2.05) is 47.5 Å². The summed E-state index contributed by atoms with van der Waals surface area (Å²) in [5.41, 5.74) is 2.25. The number of carbonyl (C=O) groups excluding carboxylic acids is 1. The Kier molecular flexibility index (Phi) is 3.39. The summed E-state index contributed by atoms with van der Waals surface area (Å²) >= 11 is 0. The molecular weight excluding hydrogens is 274 g/mol. The Balaban J connectivity index is 1.44. The summed E-state index contributed by atoms with van der Waals surface area (Å²) < 4.78 is 0. The first-order valence-corrected chi connectivity index (χ1v) is 7.79. The Morgan fingerprint density at radius 3 is 2.64 bits per heavy atom. The molecule has 4 rings (SSSR count). The number of hydrogen-bond donors (Lipinski definition) is 0. The van der Waals surface area contributed by atoms with Gasteiger partial charge in [-0.1, -0.05) is 24.3 Å². The number of aromatic nitrogens is 1. The van der Waals surface area contributed by atoms with Crippen molar-refractivity contribution in [2.75, 3.05) is 24.5 Å². The number of hydrogen-bond acceptors (Lipinski definition) is 3. The molecule has 4 heteroatoms. The summed E-state index contributed by atoms with van der Waals surface area (Å²) in [6, 6.07) is 14.1. The lowest BCUT2D eigenvalue weighted by Gasteiger charge is -2.21. The summed E-state index contributed by atoms with van der Waals surface area (Å²) in [4.78, 5) is 21.2. The van der Waals surface area contributed by atoms with Crippen LogP contribution in [0.5, 0.6) is 0 Å². The van der Waals surface area contributed by atoms with Crippen LogP contribution in [-0.4, -0.2) is 35.4 Å². The zero-order chi connectivity index (χ0) is 14.9. The zero-order valence-corrected chi connectivity index (χ0v) is 12.4. The van der Waals surface area contributed by atoms with Crippen LogP contribution in [0.4, 0.5) is 5.69 Å². The summed E-state index contributed by atoms with van der Waals surface area (Å²) in [6.07, 6.45) is 3.70. The lowest BCUT2D eigenvalue weighted by Crippen LogP contribution is -2.32. The summed E-state index contributed by atoms with van der Waals surface area (Å²) in [7, 11) is 0. The average Bonchev–Trinajstić information content (AvgIpc) is 3.08. The van der Waals surface area contributed by atoms with Crippen LogP contribution in [0.1, 0.15) is 5.56 Å². The maximum atomic E-state index is 12.7. The Bertz CT molecular complexity index is 659. The highest BCUT2D eigenvalue weighted by Crippen LogP contribution is 2.35. The first-order chi connectivity index (χ1) is 10.8. The molecule has 2 aliphatic rings. The second-order valence-corrected chi connectivity index (χ2v) is 6.21. The average molecular weight is 293 g/mol. The van der Waals surface area contributed by atoms with Gasteiger partial charge in [0.2, 0.25) is 5.91 Å². The van der Waals surface area contributed by atoms with E-state index in [0.29, 0.717) is 5.92 Å². The molecule has 1 aromatic heterocycles. The summed E-state index contributed by atoms with van der Waals surface area (Å²) in [5.74, 6) is 0.881. The molecule has 2 fully saturated rings. The Morgan fingerprint density at radius 1 is 1.05 bits per heavy atom. The molecular formula is C18H19N3O. The molecule has 112 valence electrons. The lowest BCUT2D eigenvalue weighted by atomic mass is 10.0. The lowest BCUT2D eigenvalue weighted by molar-refractivity contribution is -0.120. The molecule has 22 heavy (non-hydrogen) atoms. The highest BCUT2D eigenvalue weighted by molar-refractivity contribution is 5.98. The number of nitrogens with zero attached hydrogens (tertiary/aromatic N) is 3. The molecule has 4 nitrogen and oxygen atoms in total. The van der Waals surface area contributed by atoms with Crippen molar-refractivity contribution in [1.82, 2.24) is 9.88 Å².